The standard InChI is InChI=1S/C23H31N3O2S/c27-23(26-10-8-19(9-11-26)25-12-14-29-15-13-25)18-6-7-20-21(16-18)28-22(24-20)17-4-2-1-3-5-17/h6-7,16-17,19H,1-5,8-15H2. The van der Waals surface area contributed by atoms with Crippen LogP contribution in [0.5, 0.6) is 0 Å². The van der Waals surface area contributed by atoms with E-state index in [1.807, 2.05) is 23.1 Å². The van der Waals surface area contributed by atoms with Crippen LogP contribution in [0.25, 0.3) is 11.1 Å². The van der Waals surface area contributed by atoms with Gasteiger partial charge in [-0.15, -0.1) is 0 Å². The zero-order valence-electron chi connectivity index (χ0n) is 17.1. The molecule has 1 aliphatic carbocycles. The van der Waals surface area contributed by atoms with Crippen LogP contribution in [-0.4, -0.2) is 64.4 Å². The zero-order chi connectivity index (χ0) is 19.6. The normalized spacial score (nSPS) is 23.0. The smallest absolute Gasteiger partial charge is 0.253 e. The predicted molar refractivity (Wildman–Crippen MR) is 118 cm³/mol. The Balaban J connectivity index is 1.25. The lowest BCUT2D eigenvalue weighted by molar-refractivity contribution is 0.0631. The number of hydrogen-bond acceptors (Lipinski definition) is 5. The summed E-state index contributed by atoms with van der Waals surface area (Å²) in [5, 5.41) is 0. The van der Waals surface area contributed by atoms with Crippen LogP contribution in [0, 0.1) is 0 Å². The van der Waals surface area contributed by atoms with Crippen LogP contribution in [0.2, 0.25) is 0 Å². The van der Waals surface area contributed by atoms with Gasteiger partial charge in [-0.1, -0.05) is 19.3 Å². The van der Waals surface area contributed by atoms with Gasteiger partial charge in [-0.2, -0.15) is 11.8 Å². The van der Waals surface area contributed by atoms with E-state index in [1.165, 1.54) is 56.7 Å². The second kappa shape index (κ2) is 8.68. The molecule has 29 heavy (non-hydrogen) atoms. The number of benzene rings is 1. The first-order valence-corrected chi connectivity index (χ1v) is 12.4. The molecule has 0 atom stereocenters. The van der Waals surface area contributed by atoms with Crippen LogP contribution in [0.15, 0.2) is 22.6 Å². The van der Waals surface area contributed by atoms with Crippen LogP contribution in [0.1, 0.15) is 67.1 Å². The summed E-state index contributed by atoms with van der Waals surface area (Å²) in [7, 11) is 0. The van der Waals surface area contributed by atoms with Crippen LogP contribution in [-0.2, 0) is 0 Å². The van der Waals surface area contributed by atoms with Crippen molar-refractivity contribution in [3.63, 3.8) is 0 Å². The molecule has 3 fully saturated rings. The van der Waals surface area contributed by atoms with Crippen molar-refractivity contribution in [2.45, 2.75) is 56.9 Å². The maximum Gasteiger partial charge on any atom is 0.253 e. The highest BCUT2D eigenvalue weighted by atomic mass is 32.2. The van der Waals surface area contributed by atoms with Crippen LogP contribution in [0.3, 0.4) is 0 Å². The van der Waals surface area contributed by atoms with Crippen molar-refractivity contribution in [3.8, 4) is 0 Å². The van der Waals surface area contributed by atoms with Gasteiger partial charge in [-0.25, -0.2) is 4.98 Å². The minimum atomic E-state index is 0.134. The molecule has 5 rings (SSSR count). The molecule has 0 unspecified atom stereocenters. The highest BCUT2D eigenvalue weighted by molar-refractivity contribution is 7.99. The molecular formula is C23H31N3O2S. The molecule has 1 saturated carbocycles. The molecule has 3 heterocycles. The van der Waals surface area contributed by atoms with Crippen LogP contribution in [0.4, 0.5) is 0 Å². The van der Waals surface area contributed by atoms with Crippen molar-refractivity contribution in [1.29, 1.82) is 0 Å². The third-order valence-electron chi connectivity index (χ3n) is 6.92. The summed E-state index contributed by atoms with van der Waals surface area (Å²) in [6, 6.07) is 6.43. The lowest BCUT2D eigenvalue weighted by Gasteiger charge is -2.40. The first-order chi connectivity index (χ1) is 14.3. The number of rotatable bonds is 3. The van der Waals surface area contributed by atoms with Crippen molar-refractivity contribution in [1.82, 2.24) is 14.8 Å². The average Bonchev–Trinajstić information content (AvgIpc) is 3.23. The van der Waals surface area contributed by atoms with Crippen LogP contribution < -0.4 is 0 Å². The molecule has 5 nitrogen and oxygen atoms in total. The Kier molecular flexibility index (Phi) is 5.82. The lowest BCUT2D eigenvalue weighted by atomic mass is 9.89. The fraction of sp³-hybridized carbons (Fsp3) is 0.652. The average molecular weight is 414 g/mol. The molecule has 0 bridgehead atoms. The Morgan fingerprint density at radius 3 is 2.52 bits per heavy atom. The second-order valence-electron chi connectivity index (χ2n) is 8.74. The summed E-state index contributed by atoms with van der Waals surface area (Å²) in [4.78, 5) is 22.4. The molecule has 0 radical (unpaired) electrons. The summed E-state index contributed by atoms with van der Waals surface area (Å²) in [6.07, 6.45) is 8.37. The van der Waals surface area contributed by atoms with E-state index in [4.69, 9.17) is 9.40 Å². The Morgan fingerprint density at radius 2 is 1.76 bits per heavy atom. The number of amides is 1. The Labute approximate surface area is 177 Å². The predicted octanol–water partition coefficient (Wildman–Crippen LogP) is 4.53. The highest BCUT2D eigenvalue weighted by Gasteiger charge is 2.28. The molecule has 2 aromatic rings. The number of likely N-dealkylation sites (tertiary alicyclic amines) is 1. The summed E-state index contributed by atoms with van der Waals surface area (Å²) in [6.45, 7) is 4.12. The number of carbonyl (C=O) groups excluding carboxylic acids is 1. The van der Waals surface area contributed by atoms with Gasteiger partial charge in [0.05, 0.1) is 0 Å². The molecule has 0 N–H and O–H groups in total. The van der Waals surface area contributed by atoms with Gasteiger partial charge >= 0.3 is 0 Å². The number of thioether (sulfide) groups is 1. The van der Waals surface area contributed by atoms with Crippen molar-refractivity contribution < 1.29 is 9.21 Å². The molecule has 0 spiro atoms. The molecule has 1 aromatic carbocycles. The highest BCUT2D eigenvalue weighted by Crippen LogP contribution is 2.34. The first-order valence-electron chi connectivity index (χ1n) is 11.3. The molecule has 2 saturated heterocycles. The summed E-state index contributed by atoms with van der Waals surface area (Å²) < 4.78 is 6.09. The van der Waals surface area contributed by atoms with Gasteiger partial charge in [0, 0.05) is 55.2 Å². The third kappa shape index (κ3) is 4.19. The molecule has 156 valence electrons. The van der Waals surface area contributed by atoms with E-state index in [1.54, 1.807) is 0 Å². The molecule has 2 aliphatic heterocycles. The fourth-order valence-corrected chi connectivity index (χ4v) is 6.09. The number of piperidine rings is 1. The number of fused-ring (bicyclic) bond motifs is 1. The van der Waals surface area contributed by atoms with E-state index >= 15 is 0 Å². The van der Waals surface area contributed by atoms with Gasteiger partial charge in [0.15, 0.2) is 11.5 Å². The fourth-order valence-electron chi connectivity index (χ4n) is 5.16. The SMILES string of the molecule is O=C(c1ccc2nc(C3CCCCC3)oc2c1)N1CCC(N2CCSCC2)CC1. The molecule has 6 heteroatoms. The van der Waals surface area contributed by atoms with E-state index in [0.29, 0.717) is 12.0 Å². The van der Waals surface area contributed by atoms with E-state index in [-0.39, 0.29) is 5.91 Å². The zero-order valence-corrected chi connectivity index (χ0v) is 18.0. The van der Waals surface area contributed by atoms with Gasteiger partial charge in [0.25, 0.3) is 5.91 Å². The largest absolute Gasteiger partial charge is 0.440 e. The Hall–Kier alpha value is -1.53. The Morgan fingerprint density at radius 1 is 1.00 bits per heavy atom. The monoisotopic (exact) mass is 413 g/mol. The maximum absolute atomic E-state index is 13.1. The number of nitrogens with zero attached hydrogens (tertiary/aromatic N) is 3. The minimum absolute atomic E-state index is 0.134. The molecular weight excluding hydrogens is 382 g/mol. The minimum Gasteiger partial charge on any atom is -0.440 e. The topological polar surface area (TPSA) is 49.6 Å². The number of oxazole rings is 1. The number of aromatic nitrogens is 1. The van der Waals surface area contributed by atoms with Gasteiger partial charge < -0.3 is 9.32 Å². The molecule has 3 aliphatic rings. The first kappa shape index (κ1) is 19.4. The van der Waals surface area contributed by atoms with E-state index < -0.39 is 0 Å². The van der Waals surface area contributed by atoms with Gasteiger partial charge in [-0.3, -0.25) is 9.69 Å². The maximum atomic E-state index is 13.1. The quantitative estimate of drug-likeness (QED) is 0.740. The van der Waals surface area contributed by atoms with Gasteiger partial charge in [0.2, 0.25) is 0 Å². The summed E-state index contributed by atoms with van der Waals surface area (Å²) in [5.41, 5.74) is 2.37. The number of hydrogen-bond donors (Lipinski definition) is 0. The Bertz CT molecular complexity index is 847. The molecule has 1 aromatic heterocycles. The van der Waals surface area contributed by atoms with Crippen LogP contribution >= 0.6 is 11.8 Å². The molecule has 1 amide bonds. The second-order valence-corrected chi connectivity index (χ2v) is 9.97. The van der Waals surface area contributed by atoms with Crippen molar-refractivity contribution in [3.05, 3.63) is 29.7 Å². The van der Waals surface area contributed by atoms with Crippen molar-refractivity contribution >= 4 is 28.8 Å². The van der Waals surface area contributed by atoms with E-state index in [9.17, 15) is 4.79 Å². The van der Waals surface area contributed by atoms with E-state index in [2.05, 4.69) is 16.7 Å². The summed E-state index contributed by atoms with van der Waals surface area (Å²) >= 11 is 2.06. The lowest BCUT2D eigenvalue weighted by Crippen LogP contribution is -2.49. The van der Waals surface area contributed by atoms with E-state index in [0.717, 1.165) is 48.5 Å². The van der Waals surface area contributed by atoms with Gasteiger partial charge in [-0.05, 0) is 43.9 Å². The van der Waals surface area contributed by atoms with Crippen molar-refractivity contribution in [2.75, 3.05) is 37.7 Å². The summed E-state index contributed by atoms with van der Waals surface area (Å²) in [5.74, 6) is 3.95. The van der Waals surface area contributed by atoms with Crippen molar-refractivity contribution in [2.24, 2.45) is 0 Å². The van der Waals surface area contributed by atoms with Gasteiger partial charge in [0.1, 0.15) is 5.52 Å². The number of carbonyl (C=O) groups is 1. The third-order valence-corrected chi connectivity index (χ3v) is 7.86.